The molecule has 0 heterocycles. The number of hydrogen-bond acceptors (Lipinski definition) is 4. The Labute approximate surface area is 228 Å². The second-order valence-electron chi connectivity index (χ2n) is 8.87. The highest BCUT2D eigenvalue weighted by atomic mass is 35.5. The van der Waals surface area contributed by atoms with E-state index in [0.717, 1.165) is 16.1 Å². The fraction of sp³-hybridized carbons (Fsp3) is 0.440. The molecule has 2 aromatic rings. The maximum absolute atomic E-state index is 13.6. The van der Waals surface area contributed by atoms with Gasteiger partial charge in [-0.3, -0.25) is 13.9 Å². The first kappa shape index (κ1) is 30.2. The van der Waals surface area contributed by atoms with E-state index in [4.69, 9.17) is 34.8 Å². The molecule has 0 aliphatic heterocycles. The van der Waals surface area contributed by atoms with E-state index in [-0.39, 0.29) is 39.1 Å². The molecule has 2 rings (SSSR count). The van der Waals surface area contributed by atoms with Gasteiger partial charge in [-0.05, 0) is 36.5 Å². The van der Waals surface area contributed by atoms with E-state index in [1.54, 1.807) is 0 Å². The number of carbonyl (C=O) groups excluding carboxylic acids is 2. The van der Waals surface area contributed by atoms with E-state index < -0.39 is 28.5 Å². The lowest BCUT2D eigenvalue weighted by Gasteiger charge is -2.33. The topological polar surface area (TPSA) is 86.8 Å². The summed E-state index contributed by atoms with van der Waals surface area (Å²) < 4.78 is 26.3. The summed E-state index contributed by atoms with van der Waals surface area (Å²) in [5.74, 6) is -0.589. The first-order chi connectivity index (χ1) is 16.8. The molecule has 0 aromatic heterocycles. The van der Waals surface area contributed by atoms with Crippen LogP contribution in [0.15, 0.2) is 42.5 Å². The zero-order valence-electron chi connectivity index (χ0n) is 20.8. The number of anilines is 1. The van der Waals surface area contributed by atoms with Crippen LogP contribution in [-0.4, -0.2) is 57.1 Å². The zero-order chi connectivity index (χ0) is 27.0. The van der Waals surface area contributed by atoms with Crippen LogP contribution in [-0.2, 0) is 26.0 Å². The van der Waals surface area contributed by atoms with Crippen molar-refractivity contribution in [1.82, 2.24) is 10.2 Å². The summed E-state index contributed by atoms with van der Waals surface area (Å²) in [7, 11) is -3.94. The number of hydrogen-bond donors (Lipinski definition) is 1. The monoisotopic (exact) mass is 575 g/mol. The van der Waals surface area contributed by atoms with Gasteiger partial charge in [-0.25, -0.2) is 8.42 Å². The maximum Gasteiger partial charge on any atom is 0.244 e. The van der Waals surface area contributed by atoms with Crippen LogP contribution >= 0.6 is 34.8 Å². The van der Waals surface area contributed by atoms with E-state index in [1.165, 1.54) is 17.0 Å². The number of halogens is 3. The molecule has 7 nitrogen and oxygen atoms in total. The second kappa shape index (κ2) is 13.5. The molecule has 0 fully saturated rings. The van der Waals surface area contributed by atoms with Crippen molar-refractivity contribution >= 4 is 62.3 Å². The summed E-state index contributed by atoms with van der Waals surface area (Å²) in [6.07, 6.45) is 1.82. The lowest BCUT2D eigenvalue weighted by atomic mass is 10.1. The first-order valence-electron chi connectivity index (χ1n) is 11.6. The summed E-state index contributed by atoms with van der Waals surface area (Å²) in [4.78, 5) is 28.1. The molecule has 1 N–H and O–H groups in total. The summed E-state index contributed by atoms with van der Waals surface area (Å²) in [5, 5.41) is 3.16. The minimum atomic E-state index is -3.94. The van der Waals surface area contributed by atoms with Gasteiger partial charge in [0.1, 0.15) is 12.6 Å². The van der Waals surface area contributed by atoms with E-state index in [2.05, 4.69) is 5.32 Å². The Morgan fingerprint density at radius 3 is 2.17 bits per heavy atom. The first-order valence-corrected chi connectivity index (χ1v) is 14.6. The number of carbonyl (C=O) groups is 2. The van der Waals surface area contributed by atoms with Gasteiger partial charge in [0.05, 0.1) is 27.0 Å². The van der Waals surface area contributed by atoms with Gasteiger partial charge in [0.15, 0.2) is 0 Å². The largest absolute Gasteiger partial charge is 0.354 e. The molecule has 0 saturated heterocycles. The molecule has 198 valence electrons. The number of rotatable bonds is 12. The molecule has 0 spiro atoms. The molecule has 0 aliphatic carbocycles. The molecule has 0 radical (unpaired) electrons. The summed E-state index contributed by atoms with van der Waals surface area (Å²) in [6, 6.07) is 11.4. The molecule has 0 aliphatic rings. The minimum Gasteiger partial charge on any atom is -0.354 e. The van der Waals surface area contributed by atoms with E-state index in [1.807, 2.05) is 51.1 Å². The van der Waals surface area contributed by atoms with Gasteiger partial charge in [-0.1, -0.05) is 85.9 Å². The van der Waals surface area contributed by atoms with E-state index in [0.29, 0.717) is 19.4 Å². The van der Waals surface area contributed by atoms with Crippen LogP contribution in [0.1, 0.15) is 32.8 Å². The van der Waals surface area contributed by atoms with Crippen LogP contribution in [0.2, 0.25) is 15.1 Å². The Morgan fingerprint density at radius 1 is 1.00 bits per heavy atom. The predicted octanol–water partition coefficient (Wildman–Crippen LogP) is 5.03. The summed E-state index contributed by atoms with van der Waals surface area (Å²) in [5.41, 5.74) is 1.02. The molecule has 0 bridgehead atoms. The van der Waals surface area contributed by atoms with Crippen LogP contribution in [0.25, 0.3) is 0 Å². The molecule has 11 heteroatoms. The molecule has 2 amide bonds. The number of sulfonamides is 1. The fourth-order valence-corrected chi connectivity index (χ4v) is 5.16. The van der Waals surface area contributed by atoms with Gasteiger partial charge in [0, 0.05) is 13.1 Å². The van der Waals surface area contributed by atoms with E-state index in [9.17, 15) is 18.0 Å². The number of benzene rings is 2. The highest BCUT2D eigenvalue weighted by Gasteiger charge is 2.32. The summed E-state index contributed by atoms with van der Waals surface area (Å²) >= 11 is 18.4. The molecule has 0 saturated carbocycles. The van der Waals surface area contributed by atoms with Gasteiger partial charge in [-0.2, -0.15) is 0 Å². The average Bonchev–Trinajstić information content (AvgIpc) is 2.81. The highest BCUT2D eigenvalue weighted by molar-refractivity contribution is 7.92. The van der Waals surface area contributed by atoms with Gasteiger partial charge in [0.25, 0.3) is 0 Å². The van der Waals surface area contributed by atoms with Crippen LogP contribution in [0.5, 0.6) is 0 Å². The quantitative estimate of drug-likeness (QED) is 0.359. The maximum atomic E-state index is 13.6. The number of nitrogens with zero attached hydrogens (tertiary/aromatic N) is 2. The third kappa shape index (κ3) is 8.54. The van der Waals surface area contributed by atoms with Gasteiger partial charge in [0.2, 0.25) is 21.8 Å². The lowest BCUT2D eigenvalue weighted by Crippen LogP contribution is -2.53. The minimum absolute atomic E-state index is 0.0279. The van der Waals surface area contributed by atoms with E-state index >= 15 is 0 Å². The van der Waals surface area contributed by atoms with Crippen molar-refractivity contribution in [1.29, 1.82) is 0 Å². The highest BCUT2D eigenvalue weighted by Crippen LogP contribution is 2.35. The van der Waals surface area contributed by atoms with Crippen molar-refractivity contribution in [2.75, 3.05) is 30.2 Å². The third-order valence-corrected chi connectivity index (χ3v) is 7.64. The molecule has 2 aromatic carbocycles. The van der Waals surface area contributed by atoms with Crippen LogP contribution in [0.4, 0.5) is 5.69 Å². The Morgan fingerprint density at radius 2 is 1.61 bits per heavy atom. The number of amides is 2. The Balaban J connectivity index is 2.41. The zero-order valence-corrected chi connectivity index (χ0v) is 23.9. The molecule has 0 unspecified atom stereocenters. The fourth-order valence-electron chi connectivity index (χ4n) is 3.62. The standard InChI is InChI=1S/C25H32Cl3N3O4S/c1-5-22(25(33)29-15-17(2)3)30(12-11-18-9-7-6-8-10-18)24(32)16-31(36(4,34)35)23-14-20(27)19(26)13-21(23)28/h6-10,13-14,17,22H,5,11-12,15-16H2,1-4H3,(H,29,33)/t22-/m1/s1. The van der Waals surface area contributed by atoms with Crippen molar-refractivity contribution in [3.63, 3.8) is 0 Å². The molecule has 36 heavy (non-hydrogen) atoms. The van der Waals surface area contributed by atoms with Crippen molar-refractivity contribution in [2.24, 2.45) is 5.92 Å². The predicted molar refractivity (Wildman–Crippen MR) is 147 cm³/mol. The third-order valence-electron chi connectivity index (χ3n) is 5.49. The van der Waals surface area contributed by atoms with Crippen molar-refractivity contribution in [3.05, 3.63) is 63.1 Å². The van der Waals surface area contributed by atoms with Gasteiger partial charge < -0.3 is 10.2 Å². The molecular formula is C25H32Cl3N3O4S. The lowest BCUT2D eigenvalue weighted by molar-refractivity contribution is -0.139. The van der Waals surface area contributed by atoms with Crippen molar-refractivity contribution < 1.29 is 18.0 Å². The van der Waals surface area contributed by atoms with Crippen LogP contribution < -0.4 is 9.62 Å². The number of nitrogens with one attached hydrogen (secondary N) is 1. The van der Waals surface area contributed by atoms with Gasteiger partial charge >= 0.3 is 0 Å². The average molecular weight is 577 g/mol. The molecular weight excluding hydrogens is 545 g/mol. The molecule has 1 atom stereocenters. The van der Waals surface area contributed by atoms with Crippen LogP contribution in [0, 0.1) is 5.92 Å². The van der Waals surface area contributed by atoms with Crippen molar-refractivity contribution in [3.8, 4) is 0 Å². The van der Waals surface area contributed by atoms with Gasteiger partial charge in [-0.15, -0.1) is 0 Å². The Kier molecular flexibility index (Phi) is 11.3. The van der Waals surface area contributed by atoms with Crippen LogP contribution in [0.3, 0.4) is 0 Å². The smallest absolute Gasteiger partial charge is 0.244 e. The SMILES string of the molecule is CC[C@H](C(=O)NCC(C)C)N(CCc1ccccc1)C(=O)CN(c1cc(Cl)c(Cl)cc1Cl)S(C)(=O)=O. The Hall–Kier alpha value is -2.00. The normalized spacial score (nSPS) is 12.3. The Bertz CT molecular complexity index is 1160. The van der Waals surface area contributed by atoms with Crippen molar-refractivity contribution in [2.45, 2.75) is 39.7 Å². The summed E-state index contributed by atoms with van der Waals surface area (Å²) in [6.45, 7) is 5.90. The second-order valence-corrected chi connectivity index (χ2v) is 12.0.